The van der Waals surface area contributed by atoms with Crippen LogP contribution in [0.5, 0.6) is 0 Å². The Labute approximate surface area is 608 Å². The van der Waals surface area contributed by atoms with Crippen LogP contribution in [-0.4, -0.2) is 96.7 Å². The zero-order chi connectivity index (χ0) is 73.2. The summed E-state index contributed by atoms with van der Waals surface area (Å²) in [5.74, 6) is -2.26. The van der Waals surface area contributed by atoms with Crippen LogP contribution in [0.25, 0.3) is 0 Å². The second kappa shape index (κ2) is 73.5. The van der Waals surface area contributed by atoms with Gasteiger partial charge in [-0.1, -0.05) is 312 Å². The summed E-state index contributed by atoms with van der Waals surface area (Å²) >= 11 is 0. The SMILES string of the molecule is CCCCC/C=C\C/C=C\C/C=C\C/C=C\C/C=C\CCC(=O)OC[C@H](COP(=O)(O)OC[C@@H](O)COP(=O)(O)OC[C@@H](COC(=O)CCCCCCCCCCCCCCC)OC(=O)CCCCCCCCCCCCCCC)OC(=O)CCCCCCC/C=C\C/C=C\CCCCC. The van der Waals surface area contributed by atoms with E-state index in [-0.39, 0.29) is 25.7 Å². The Morgan fingerprint density at radius 3 is 0.830 bits per heavy atom. The van der Waals surface area contributed by atoms with E-state index in [1.54, 1.807) is 0 Å². The number of hydrogen-bond acceptors (Lipinski definition) is 15. The summed E-state index contributed by atoms with van der Waals surface area (Å²) in [5.41, 5.74) is 0. The molecule has 0 saturated heterocycles. The van der Waals surface area contributed by atoms with Gasteiger partial charge < -0.3 is 33.8 Å². The van der Waals surface area contributed by atoms with Crippen LogP contribution in [-0.2, 0) is 65.4 Å². The molecule has 19 heteroatoms. The molecule has 0 amide bonds. The first kappa shape index (κ1) is 96.2. The van der Waals surface area contributed by atoms with E-state index in [2.05, 4.69) is 101 Å². The number of phosphoric ester groups is 2. The summed E-state index contributed by atoms with van der Waals surface area (Å²) < 4.78 is 68.5. The summed E-state index contributed by atoms with van der Waals surface area (Å²) in [6, 6.07) is 0. The van der Waals surface area contributed by atoms with Crippen molar-refractivity contribution in [2.75, 3.05) is 39.6 Å². The molecule has 0 aliphatic heterocycles. The van der Waals surface area contributed by atoms with E-state index < -0.39 is 97.5 Å². The van der Waals surface area contributed by atoms with Gasteiger partial charge in [-0.05, 0) is 96.3 Å². The highest BCUT2D eigenvalue weighted by Crippen LogP contribution is 2.45. The molecule has 0 saturated carbocycles. The number of hydrogen-bond donors (Lipinski definition) is 3. The van der Waals surface area contributed by atoms with E-state index in [9.17, 15) is 43.2 Å². The highest BCUT2D eigenvalue weighted by Gasteiger charge is 2.30. The second-order valence-corrected chi connectivity index (χ2v) is 29.6. The van der Waals surface area contributed by atoms with Crippen molar-refractivity contribution in [2.45, 2.75) is 367 Å². The number of aliphatic hydroxyl groups is 1. The van der Waals surface area contributed by atoms with Crippen molar-refractivity contribution < 1.29 is 80.2 Å². The van der Waals surface area contributed by atoms with Crippen molar-refractivity contribution in [1.29, 1.82) is 0 Å². The second-order valence-electron chi connectivity index (χ2n) is 26.7. The molecule has 0 spiro atoms. The normalized spacial score (nSPS) is 14.3. The number of rotatable bonds is 75. The molecule has 3 N–H and O–H groups in total. The first-order valence-electron chi connectivity index (χ1n) is 39.8. The van der Waals surface area contributed by atoms with E-state index in [0.29, 0.717) is 32.1 Å². The average molecular weight is 1450 g/mol. The first-order valence-corrected chi connectivity index (χ1v) is 42.8. The van der Waals surface area contributed by atoms with Gasteiger partial charge in [-0.25, -0.2) is 9.13 Å². The summed E-state index contributed by atoms with van der Waals surface area (Å²) in [5, 5.41) is 10.6. The van der Waals surface area contributed by atoms with Crippen molar-refractivity contribution in [2.24, 2.45) is 0 Å². The summed E-state index contributed by atoms with van der Waals surface area (Å²) in [7, 11) is -9.96. The van der Waals surface area contributed by atoms with Crippen molar-refractivity contribution in [3.8, 4) is 0 Å². The fraction of sp³-hybridized carbons (Fsp3) is 0.778. The molecule has 0 rings (SSSR count). The van der Waals surface area contributed by atoms with Gasteiger partial charge in [-0.3, -0.25) is 37.3 Å². The van der Waals surface area contributed by atoms with Crippen molar-refractivity contribution in [1.82, 2.24) is 0 Å². The monoisotopic (exact) mass is 1450 g/mol. The standard InChI is InChI=1S/C81H144O17P2/c1-5-9-13-17-21-25-29-33-35-36-37-38-40-43-46-50-54-58-62-66-79(84)92-72-77(98-81(86)68-64-60-56-52-48-44-39-34-30-26-22-18-14-10-6-2)74-96-100(89,90)94-70-75(82)69-93-99(87,88)95-73-76(97-80(85)67-63-59-55-51-47-42-32-28-24-20-16-12-8-4)71-91-78(83)65-61-57-53-49-45-41-31-27-23-19-15-11-7-3/h21-22,25-26,33-35,37-39,43,46,54,58,75-77,82H,5-20,23-24,27-32,36,40-42,44-45,47-53,55-57,59-74H2,1-4H3,(H,87,88)(H,89,90)/b25-21-,26-22-,35-33-,38-37-,39-34-,46-43-,58-54-/t75-,76+,77+/m0/s1. The third-order valence-corrected chi connectivity index (χ3v) is 18.8. The molecule has 0 aliphatic carbocycles. The third-order valence-electron chi connectivity index (χ3n) is 16.9. The quantitative estimate of drug-likeness (QED) is 0.0169. The van der Waals surface area contributed by atoms with Crippen LogP contribution in [0.1, 0.15) is 349 Å². The van der Waals surface area contributed by atoms with Gasteiger partial charge in [0.05, 0.1) is 26.4 Å². The minimum atomic E-state index is -4.99. The first-order chi connectivity index (χ1) is 48.7. The van der Waals surface area contributed by atoms with Crippen LogP contribution in [0.3, 0.4) is 0 Å². The summed E-state index contributed by atoms with van der Waals surface area (Å²) in [4.78, 5) is 72.9. The number of unbranched alkanes of at least 4 members (excludes halogenated alkanes) is 35. The lowest BCUT2D eigenvalue weighted by Gasteiger charge is -2.21. The van der Waals surface area contributed by atoms with Gasteiger partial charge in [0.15, 0.2) is 12.2 Å². The number of allylic oxidation sites excluding steroid dienone is 14. The Morgan fingerprint density at radius 1 is 0.280 bits per heavy atom. The fourth-order valence-corrected chi connectivity index (χ4v) is 12.3. The van der Waals surface area contributed by atoms with Crippen LogP contribution >= 0.6 is 15.6 Å². The van der Waals surface area contributed by atoms with Crippen LogP contribution in [0.4, 0.5) is 0 Å². The number of ether oxygens (including phenoxy) is 4. The molecule has 0 aromatic heterocycles. The van der Waals surface area contributed by atoms with Crippen molar-refractivity contribution in [3.63, 3.8) is 0 Å². The van der Waals surface area contributed by atoms with Crippen molar-refractivity contribution >= 4 is 39.5 Å². The lowest BCUT2D eigenvalue weighted by molar-refractivity contribution is -0.161. The van der Waals surface area contributed by atoms with E-state index >= 15 is 0 Å². The zero-order valence-electron chi connectivity index (χ0n) is 63.4. The maximum absolute atomic E-state index is 13.1. The predicted octanol–water partition coefficient (Wildman–Crippen LogP) is 23.0. The highest BCUT2D eigenvalue weighted by atomic mass is 31.2. The van der Waals surface area contributed by atoms with Gasteiger partial charge in [-0.2, -0.15) is 0 Å². The van der Waals surface area contributed by atoms with Gasteiger partial charge in [0.1, 0.15) is 19.3 Å². The number of esters is 4. The largest absolute Gasteiger partial charge is 0.472 e. The van der Waals surface area contributed by atoms with Crippen LogP contribution in [0.15, 0.2) is 85.1 Å². The average Bonchev–Trinajstić information content (AvgIpc) is 0.946. The summed E-state index contributed by atoms with van der Waals surface area (Å²) in [6.07, 6.45) is 75.7. The Morgan fingerprint density at radius 2 is 0.510 bits per heavy atom. The number of carbonyl (C=O) groups excluding carboxylic acids is 4. The van der Waals surface area contributed by atoms with E-state index in [4.69, 9.17) is 37.0 Å². The topological polar surface area (TPSA) is 237 Å². The lowest BCUT2D eigenvalue weighted by atomic mass is 10.0. The van der Waals surface area contributed by atoms with Gasteiger partial charge in [0, 0.05) is 25.7 Å². The lowest BCUT2D eigenvalue weighted by Crippen LogP contribution is -2.30. The van der Waals surface area contributed by atoms with E-state index in [1.165, 1.54) is 148 Å². The Hall–Kier alpha value is -3.76. The molecule has 0 fully saturated rings. The molecule has 100 heavy (non-hydrogen) atoms. The molecule has 0 heterocycles. The van der Waals surface area contributed by atoms with Gasteiger partial charge in [0.25, 0.3) is 0 Å². The fourth-order valence-electron chi connectivity index (χ4n) is 10.8. The van der Waals surface area contributed by atoms with E-state index in [0.717, 1.165) is 116 Å². The van der Waals surface area contributed by atoms with Crippen LogP contribution < -0.4 is 0 Å². The molecule has 0 bridgehead atoms. The number of aliphatic hydroxyl groups excluding tert-OH is 1. The smallest absolute Gasteiger partial charge is 0.462 e. The Kier molecular flexibility index (Phi) is 70.8. The zero-order valence-corrected chi connectivity index (χ0v) is 65.2. The Balaban J connectivity index is 5.39. The molecule has 17 nitrogen and oxygen atoms in total. The van der Waals surface area contributed by atoms with Gasteiger partial charge in [-0.15, -0.1) is 0 Å². The maximum atomic E-state index is 13.1. The van der Waals surface area contributed by atoms with E-state index in [1.807, 2.05) is 12.2 Å². The molecule has 0 aromatic carbocycles. The minimum absolute atomic E-state index is 0.0363. The molecular formula is C81H144O17P2. The van der Waals surface area contributed by atoms with Crippen molar-refractivity contribution in [3.05, 3.63) is 85.1 Å². The molecule has 5 atom stereocenters. The predicted molar refractivity (Wildman–Crippen MR) is 409 cm³/mol. The van der Waals surface area contributed by atoms with Crippen LogP contribution in [0.2, 0.25) is 0 Å². The molecule has 0 aliphatic rings. The Bertz CT molecular complexity index is 2230. The molecule has 580 valence electrons. The van der Waals surface area contributed by atoms with Gasteiger partial charge >= 0.3 is 39.5 Å². The number of carbonyl (C=O) groups is 4. The highest BCUT2D eigenvalue weighted by molar-refractivity contribution is 7.47. The molecule has 0 aromatic rings. The number of phosphoric acid groups is 2. The molecule has 0 radical (unpaired) electrons. The minimum Gasteiger partial charge on any atom is -0.462 e. The third kappa shape index (κ3) is 72.6. The van der Waals surface area contributed by atoms with Crippen LogP contribution in [0, 0.1) is 0 Å². The molecular weight excluding hydrogens is 1310 g/mol. The van der Waals surface area contributed by atoms with Gasteiger partial charge in [0.2, 0.25) is 0 Å². The summed E-state index contributed by atoms with van der Waals surface area (Å²) in [6.45, 7) is 4.77. The maximum Gasteiger partial charge on any atom is 0.472 e. The molecule has 2 unspecified atom stereocenters.